The zero-order chi connectivity index (χ0) is 22.8. The van der Waals surface area contributed by atoms with Gasteiger partial charge in [0.1, 0.15) is 11.9 Å². The monoisotopic (exact) mass is 446 g/mol. The van der Waals surface area contributed by atoms with Crippen LogP contribution >= 0.6 is 0 Å². The van der Waals surface area contributed by atoms with E-state index in [0.29, 0.717) is 24.3 Å². The van der Waals surface area contributed by atoms with Crippen LogP contribution in [0.1, 0.15) is 12.8 Å². The Bertz CT molecular complexity index is 1060. The van der Waals surface area contributed by atoms with Gasteiger partial charge in [0.2, 0.25) is 5.91 Å². The van der Waals surface area contributed by atoms with Gasteiger partial charge in [-0.2, -0.15) is 0 Å². The van der Waals surface area contributed by atoms with E-state index in [4.69, 9.17) is 4.74 Å². The first-order valence-electron chi connectivity index (χ1n) is 9.93. The van der Waals surface area contributed by atoms with E-state index in [2.05, 4.69) is 15.0 Å². The molecule has 2 aromatic rings. The summed E-state index contributed by atoms with van der Waals surface area (Å²) in [7, 11) is 1.19. The van der Waals surface area contributed by atoms with Crippen LogP contribution in [0.25, 0.3) is 11.1 Å². The van der Waals surface area contributed by atoms with Crippen LogP contribution in [0.4, 0.5) is 29.9 Å². The van der Waals surface area contributed by atoms with E-state index in [1.807, 2.05) is 0 Å². The van der Waals surface area contributed by atoms with Crippen molar-refractivity contribution in [3.05, 3.63) is 42.1 Å². The minimum absolute atomic E-state index is 0.0237. The van der Waals surface area contributed by atoms with Crippen LogP contribution in [0.3, 0.4) is 0 Å². The molecule has 2 aliphatic rings. The number of amides is 3. The maximum absolute atomic E-state index is 14.9. The zero-order valence-corrected chi connectivity index (χ0v) is 17.1. The largest absolute Gasteiger partial charge is 0.453 e. The average Bonchev–Trinajstić information content (AvgIpc) is 3.39. The number of cyclic esters (lactones) is 1. The lowest BCUT2D eigenvalue weighted by molar-refractivity contribution is -0.117. The molecule has 0 saturated carbocycles. The molecule has 0 radical (unpaired) electrons. The number of ether oxygens (including phenoxy) is 2. The lowest BCUT2D eigenvalue weighted by Gasteiger charge is -2.17. The molecule has 2 fully saturated rings. The number of carbonyl (C=O) groups is 3. The van der Waals surface area contributed by atoms with E-state index in [1.54, 1.807) is 17.0 Å². The third kappa shape index (κ3) is 4.05. The fourth-order valence-electron chi connectivity index (χ4n) is 3.66. The summed E-state index contributed by atoms with van der Waals surface area (Å²) in [5.74, 6) is -1.91. The molecular formula is C21H20F2N4O5. The Hall–Kier alpha value is -3.76. The SMILES string of the molecule is COC(=O)NCC1CN(c2ccc(-c3ccc(N4CCCC4=O)nc3)c(F)c2F)C(=O)O1. The van der Waals surface area contributed by atoms with Crippen LogP contribution in [0.15, 0.2) is 30.5 Å². The van der Waals surface area contributed by atoms with Gasteiger partial charge >= 0.3 is 12.2 Å². The summed E-state index contributed by atoms with van der Waals surface area (Å²) in [6, 6.07) is 5.77. The molecule has 32 heavy (non-hydrogen) atoms. The number of benzene rings is 1. The van der Waals surface area contributed by atoms with E-state index in [0.717, 1.165) is 11.3 Å². The molecule has 3 heterocycles. The smallest absolute Gasteiger partial charge is 0.414 e. The summed E-state index contributed by atoms with van der Waals surface area (Å²) in [5.41, 5.74) is 0.0195. The van der Waals surface area contributed by atoms with Gasteiger partial charge in [0, 0.05) is 30.3 Å². The highest BCUT2D eigenvalue weighted by atomic mass is 19.2. The molecule has 1 aromatic carbocycles. The number of hydrogen-bond donors (Lipinski definition) is 1. The lowest BCUT2D eigenvalue weighted by Crippen LogP contribution is -2.34. The molecule has 2 saturated heterocycles. The summed E-state index contributed by atoms with van der Waals surface area (Å²) < 4.78 is 39.3. The molecule has 168 valence electrons. The molecule has 11 heteroatoms. The quantitative estimate of drug-likeness (QED) is 0.758. The number of carbonyl (C=O) groups excluding carboxylic acids is 3. The number of pyridine rings is 1. The van der Waals surface area contributed by atoms with Gasteiger partial charge < -0.3 is 14.8 Å². The number of nitrogens with zero attached hydrogens (tertiary/aromatic N) is 3. The van der Waals surface area contributed by atoms with Crippen LogP contribution in [0, 0.1) is 11.6 Å². The van der Waals surface area contributed by atoms with Crippen molar-refractivity contribution >= 4 is 29.6 Å². The Kier molecular flexibility index (Phi) is 5.89. The second-order valence-electron chi connectivity index (χ2n) is 7.30. The number of nitrogens with one attached hydrogen (secondary N) is 1. The zero-order valence-electron chi connectivity index (χ0n) is 17.1. The van der Waals surface area contributed by atoms with Gasteiger partial charge in [0.05, 0.1) is 25.9 Å². The molecule has 1 unspecified atom stereocenters. The van der Waals surface area contributed by atoms with Crippen LogP contribution in [0.2, 0.25) is 0 Å². The first-order valence-corrected chi connectivity index (χ1v) is 9.93. The fourth-order valence-corrected chi connectivity index (χ4v) is 3.66. The molecule has 2 aliphatic heterocycles. The average molecular weight is 446 g/mol. The number of aromatic nitrogens is 1. The number of anilines is 2. The molecule has 1 atom stereocenters. The Morgan fingerprint density at radius 3 is 2.69 bits per heavy atom. The van der Waals surface area contributed by atoms with Crippen LogP contribution < -0.4 is 15.1 Å². The second-order valence-corrected chi connectivity index (χ2v) is 7.30. The van der Waals surface area contributed by atoms with Gasteiger partial charge in [-0.1, -0.05) is 0 Å². The summed E-state index contributed by atoms with van der Waals surface area (Å²) in [4.78, 5) is 41.9. The highest BCUT2D eigenvalue weighted by molar-refractivity contribution is 5.94. The fraction of sp³-hybridized carbons (Fsp3) is 0.333. The van der Waals surface area contributed by atoms with E-state index in [1.165, 1.54) is 25.4 Å². The Morgan fingerprint density at radius 1 is 1.22 bits per heavy atom. The number of hydrogen-bond acceptors (Lipinski definition) is 6. The summed E-state index contributed by atoms with van der Waals surface area (Å²) in [5, 5.41) is 2.39. The van der Waals surface area contributed by atoms with Crippen LogP contribution in [0.5, 0.6) is 0 Å². The molecule has 0 bridgehead atoms. The Labute approximate surface area is 181 Å². The maximum Gasteiger partial charge on any atom is 0.414 e. The Morgan fingerprint density at radius 2 is 2.03 bits per heavy atom. The summed E-state index contributed by atoms with van der Waals surface area (Å²) in [6.45, 7) is 0.470. The third-order valence-corrected chi connectivity index (χ3v) is 5.30. The number of methoxy groups -OCH3 is 1. The molecule has 3 amide bonds. The summed E-state index contributed by atoms with van der Waals surface area (Å²) >= 11 is 0. The molecule has 0 spiro atoms. The van der Waals surface area contributed by atoms with Gasteiger partial charge in [0.15, 0.2) is 11.6 Å². The van der Waals surface area contributed by atoms with Gasteiger partial charge in [-0.25, -0.2) is 23.4 Å². The van der Waals surface area contributed by atoms with E-state index in [9.17, 15) is 23.2 Å². The van der Waals surface area contributed by atoms with Crippen molar-refractivity contribution in [3.63, 3.8) is 0 Å². The predicted molar refractivity (Wildman–Crippen MR) is 109 cm³/mol. The second kappa shape index (κ2) is 8.77. The van der Waals surface area contributed by atoms with Crippen molar-refractivity contribution < 1.29 is 32.6 Å². The van der Waals surface area contributed by atoms with Gasteiger partial charge in [-0.05, 0) is 30.7 Å². The lowest BCUT2D eigenvalue weighted by atomic mass is 10.1. The van der Waals surface area contributed by atoms with Gasteiger partial charge in [-0.3, -0.25) is 14.6 Å². The van der Waals surface area contributed by atoms with Crippen molar-refractivity contribution in [2.45, 2.75) is 18.9 Å². The summed E-state index contributed by atoms with van der Waals surface area (Å²) in [6.07, 6.45) is 0.292. The highest BCUT2D eigenvalue weighted by Crippen LogP contribution is 2.33. The topological polar surface area (TPSA) is 101 Å². The minimum Gasteiger partial charge on any atom is -0.453 e. The standard InChI is InChI=1S/C21H20F2N4O5/c1-31-20(29)25-10-13-11-27(21(30)32-13)15-6-5-14(18(22)19(15)23)12-4-7-16(24-9-12)26-8-2-3-17(26)28/h4-7,9,13H,2-3,8,10-11H2,1H3,(H,25,29). The first-order chi connectivity index (χ1) is 15.4. The Balaban J connectivity index is 1.52. The van der Waals surface area contributed by atoms with E-state index in [-0.39, 0.29) is 30.2 Å². The molecule has 1 aromatic heterocycles. The normalized spacial score (nSPS) is 18.2. The molecular weight excluding hydrogens is 426 g/mol. The van der Waals surface area contributed by atoms with Crippen molar-refractivity contribution in [1.82, 2.24) is 10.3 Å². The van der Waals surface area contributed by atoms with Gasteiger partial charge in [0.25, 0.3) is 0 Å². The number of rotatable bonds is 5. The van der Waals surface area contributed by atoms with Crippen molar-refractivity contribution in [1.29, 1.82) is 0 Å². The van der Waals surface area contributed by atoms with E-state index < -0.39 is 29.9 Å². The van der Waals surface area contributed by atoms with Crippen molar-refractivity contribution in [2.24, 2.45) is 0 Å². The molecule has 1 N–H and O–H groups in total. The first kappa shape index (κ1) is 21.5. The van der Waals surface area contributed by atoms with Crippen molar-refractivity contribution in [2.75, 3.05) is 36.5 Å². The predicted octanol–water partition coefficient (Wildman–Crippen LogP) is 2.83. The van der Waals surface area contributed by atoms with Crippen molar-refractivity contribution in [3.8, 4) is 11.1 Å². The van der Waals surface area contributed by atoms with E-state index >= 15 is 0 Å². The molecule has 9 nitrogen and oxygen atoms in total. The van der Waals surface area contributed by atoms with Gasteiger partial charge in [-0.15, -0.1) is 0 Å². The molecule has 0 aliphatic carbocycles. The third-order valence-electron chi connectivity index (χ3n) is 5.30. The number of alkyl carbamates (subject to hydrolysis) is 1. The van der Waals surface area contributed by atoms with Crippen LogP contribution in [-0.2, 0) is 14.3 Å². The number of halogens is 2. The minimum atomic E-state index is -1.21. The highest BCUT2D eigenvalue weighted by Gasteiger charge is 2.35. The molecule has 4 rings (SSSR count). The maximum atomic E-state index is 14.9. The van der Waals surface area contributed by atoms with Crippen LogP contribution in [-0.4, -0.2) is 55.9 Å².